The molecule has 1 aliphatic carbocycles. The van der Waals surface area contributed by atoms with Crippen LogP contribution in [0.15, 0.2) is 48.7 Å². The van der Waals surface area contributed by atoms with Crippen LogP contribution in [0, 0.1) is 6.92 Å². The number of amides is 2. The Hall–Kier alpha value is -4.58. The molecule has 0 radical (unpaired) electrons. The largest absolute Gasteiger partial charge is 0.481 e. The van der Waals surface area contributed by atoms with E-state index in [1.54, 1.807) is 21.1 Å². The fraction of sp³-hybridized carbons (Fsp3) is 0.425. The van der Waals surface area contributed by atoms with Crippen LogP contribution < -0.4 is 14.8 Å². The number of rotatable bonds is 8. The average Bonchev–Trinajstić information content (AvgIpc) is 3.75. The maximum absolute atomic E-state index is 11.9. The first-order valence-electron chi connectivity index (χ1n) is 18.1. The number of pyridine rings is 1. The number of hydrogen-bond donors (Lipinski definition) is 1. The molecule has 11 nitrogen and oxygen atoms in total. The van der Waals surface area contributed by atoms with Gasteiger partial charge in [0.2, 0.25) is 23.6 Å². The molecule has 8 rings (SSSR count). The lowest BCUT2D eigenvalue weighted by molar-refractivity contribution is -0.131. The van der Waals surface area contributed by atoms with Crippen LogP contribution in [0.5, 0.6) is 11.8 Å². The Kier molecular flexibility index (Phi) is 9.13. The smallest absolute Gasteiger partial charge is 0.237 e. The number of carbonyl (C=O) groups is 2. The monoisotopic (exact) mass is 721 g/mol. The lowest BCUT2D eigenvalue weighted by Gasteiger charge is -2.47. The highest BCUT2D eigenvalue weighted by atomic mass is 35.5. The normalized spacial score (nSPS) is 19.8. The predicted molar refractivity (Wildman–Crippen MR) is 199 cm³/mol. The maximum atomic E-state index is 11.9. The van der Waals surface area contributed by atoms with E-state index < -0.39 is 0 Å². The van der Waals surface area contributed by atoms with Gasteiger partial charge in [-0.2, -0.15) is 0 Å². The number of piperazine rings is 1. The summed E-state index contributed by atoms with van der Waals surface area (Å²) in [6, 6.07) is 14.6. The van der Waals surface area contributed by atoms with Crippen LogP contribution in [0.3, 0.4) is 0 Å². The van der Waals surface area contributed by atoms with Crippen molar-refractivity contribution in [1.29, 1.82) is 0 Å². The van der Waals surface area contributed by atoms with E-state index in [-0.39, 0.29) is 23.4 Å². The molecule has 52 heavy (non-hydrogen) atoms. The molecule has 1 N–H and O–H groups in total. The number of carbonyl (C=O) groups excluding carboxylic acids is 2. The van der Waals surface area contributed by atoms with Crippen molar-refractivity contribution in [2.24, 2.45) is 0 Å². The van der Waals surface area contributed by atoms with E-state index in [1.165, 1.54) is 5.56 Å². The molecule has 0 bridgehead atoms. The summed E-state index contributed by atoms with van der Waals surface area (Å²) in [4.78, 5) is 45.1. The lowest BCUT2D eigenvalue weighted by atomic mass is 9.88. The second-order valence-corrected chi connectivity index (χ2v) is 14.9. The zero-order chi connectivity index (χ0) is 36.1. The van der Waals surface area contributed by atoms with Crippen molar-refractivity contribution in [3.63, 3.8) is 0 Å². The maximum Gasteiger partial charge on any atom is 0.237 e. The summed E-state index contributed by atoms with van der Waals surface area (Å²) >= 11 is 7.28. The Morgan fingerprint density at radius 3 is 2.33 bits per heavy atom. The van der Waals surface area contributed by atoms with Crippen molar-refractivity contribution < 1.29 is 19.1 Å². The second kappa shape index (κ2) is 13.8. The number of nitrogens with zero attached hydrogens (tertiary/aromatic N) is 6. The van der Waals surface area contributed by atoms with Gasteiger partial charge in [0, 0.05) is 87.5 Å². The number of halogens is 1. The number of ether oxygens (including phenoxy) is 2. The van der Waals surface area contributed by atoms with Crippen LogP contribution in [-0.4, -0.2) is 100 Å². The summed E-state index contributed by atoms with van der Waals surface area (Å²) in [5.74, 6) is 1.40. The van der Waals surface area contributed by atoms with E-state index in [9.17, 15) is 9.59 Å². The van der Waals surface area contributed by atoms with Crippen molar-refractivity contribution in [2.75, 3.05) is 53.5 Å². The molecule has 1 spiro atoms. The first-order valence-corrected chi connectivity index (χ1v) is 18.4. The standard InChI is InChI=1S/C40H44ClN7O4/c1-24-27(7-5-8-28(24)32-20-42-33(38(44-32)51-3)21-46-22-40(23-46)14-13-35(50)45-40)29-9-6-10-30(37(29)41)31-19-26-11-12-34(36(26)39(43-31)52-4)48-17-15-47(16-18-48)25(2)49/h5-10,19-20,34H,11-18,21-23H2,1-4H3,(H,45,50)/t34-/m0/s1. The molecule has 0 saturated carbocycles. The van der Waals surface area contributed by atoms with Crippen LogP contribution in [0.25, 0.3) is 33.6 Å². The molecule has 2 aromatic heterocycles. The highest BCUT2D eigenvalue weighted by Gasteiger charge is 2.47. The Balaban J connectivity index is 1.05. The topological polar surface area (TPSA) is 113 Å². The Morgan fingerprint density at radius 1 is 0.942 bits per heavy atom. The minimum atomic E-state index is -0.0891. The molecule has 2 amide bonds. The molecule has 3 fully saturated rings. The van der Waals surface area contributed by atoms with Crippen LogP contribution >= 0.6 is 11.6 Å². The number of methoxy groups -OCH3 is 2. The molecule has 4 aromatic rings. The van der Waals surface area contributed by atoms with Crippen molar-refractivity contribution >= 4 is 23.4 Å². The fourth-order valence-electron chi connectivity index (χ4n) is 8.67. The molecule has 3 saturated heterocycles. The van der Waals surface area contributed by atoms with E-state index in [0.29, 0.717) is 29.7 Å². The van der Waals surface area contributed by atoms with Gasteiger partial charge in [0.05, 0.1) is 42.4 Å². The molecule has 270 valence electrons. The number of aryl methyl sites for hydroxylation is 1. The van der Waals surface area contributed by atoms with Gasteiger partial charge in [0.25, 0.3) is 0 Å². The molecule has 4 aliphatic rings. The lowest BCUT2D eigenvalue weighted by Crippen LogP contribution is -2.66. The number of aromatic nitrogens is 3. The van der Waals surface area contributed by atoms with Crippen molar-refractivity contribution in [3.8, 4) is 45.4 Å². The third kappa shape index (κ3) is 6.18. The first kappa shape index (κ1) is 34.5. The molecule has 2 aromatic carbocycles. The van der Waals surface area contributed by atoms with Crippen molar-refractivity contribution in [1.82, 2.24) is 35.0 Å². The summed E-state index contributed by atoms with van der Waals surface area (Å²) in [5, 5.41) is 3.76. The fourth-order valence-corrected chi connectivity index (χ4v) is 9.00. The van der Waals surface area contributed by atoms with Gasteiger partial charge in [-0.1, -0.05) is 48.0 Å². The first-order chi connectivity index (χ1) is 25.2. The Bertz CT molecular complexity index is 2060. The van der Waals surface area contributed by atoms with Crippen LogP contribution in [0.2, 0.25) is 5.02 Å². The molecule has 5 heterocycles. The zero-order valence-corrected chi connectivity index (χ0v) is 30.9. The molecule has 3 aliphatic heterocycles. The van der Waals surface area contributed by atoms with Gasteiger partial charge in [-0.15, -0.1) is 0 Å². The van der Waals surface area contributed by atoms with Crippen LogP contribution in [0.4, 0.5) is 0 Å². The van der Waals surface area contributed by atoms with E-state index in [2.05, 4.69) is 34.2 Å². The van der Waals surface area contributed by atoms with Gasteiger partial charge in [0.15, 0.2) is 0 Å². The van der Waals surface area contributed by atoms with E-state index in [4.69, 9.17) is 36.0 Å². The number of benzene rings is 2. The molecule has 0 unspecified atom stereocenters. The third-order valence-electron chi connectivity index (χ3n) is 11.4. The predicted octanol–water partition coefficient (Wildman–Crippen LogP) is 5.47. The summed E-state index contributed by atoms with van der Waals surface area (Å²) < 4.78 is 11.7. The number of fused-ring (bicyclic) bond motifs is 1. The van der Waals surface area contributed by atoms with Gasteiger partial charge in [0.1, 0.15) is 5.69 Å². The SMILES string of the molecule is COc1nc(-c2cccc(-c3cccc(-c4cc5c(c(OC)n4)[C@@H](N4CCN(C(C)=O)CC4)CC5)c3Cl)c2C)cnc1CN1CC2(CCC(=O)N2)C1. The summed E-state index contributed by atoms with van der Waals surface area (Å²) in [5.41, 5.74) is 9.29. The summed E-state index contributed by atoms with van der Waals surface area (Å²) in [6.07, 6.45) is 5.21. The number of likely N-dealkylation sites (tertiary alicyclic amines) is 1. The number of hydrogen-bond acceptors (Lipinski definition) is 9. The van der Waals surface area contributed by atoms with Crippen molar-refractivity contribution in [3.05, 3.63) is 76.1 Å². The highest BCUT2D eigenvalue weighted by molar-refractivity contribution is 6.36. The summed E-state index contributed by atoms with van der Waals surface area (Å²) in [7, 11) is 3.31. The molecule has 12 heteroatoms. The second-order valence-electron chi connectivity index (χ2n) is 14.5. The van der Waals surface area contributed by atoms with E-state index >= 15 is 0 Å². The zero-order valence-electron chi connectivity index (χ0n) is 30.2. The number of nitrogens with one attached hydrogen (secondary N) is 1. The molecular weight excluding hydrogens is 678 g/mol. The van der Waals surface area contributed by atoms with E-state index in [1.807, 2.05) is 41.4 Å². The van der Waals surface area contributed by atoms with Gasteiger partial charge in [-0.25, -0.2) is 9.97 Å². The molecular formula is C40H44ClN7O4. The Labute approximate surface area is 309 Å². The minimum Gasteiger partial charge on any atom is -0.481 e. The van der Waals surface area contributed by atoms with Gasteiger partial charge in [-0.05, 0) is 48.9 Å². The third-order valence-corrected chi connectivity index (χ3v) is 11.8. The minimum absolute atomic E-state index is 0.0891. The average molecular weight is 722 g/mol. The van der Waals surface area contributed by atoms with Crippen LogP contribution in [0.1, 0.15) is 54.6 Å². The van der Waals surface area contributed by atoms with Gasteiger partial charge >= 0.3 is 0 Å². The van der Waals surface area contributed by atoms with Gasteiger partial charge in [-0.3, -0.25) is 24.4 Å². The molecule has 1 atom stereocenters. The van der Waals surface area contributed by atoms with E-state index in [0.717, 1.165) is 109 Å². The van der Waals surface area contributed by atoms with Gasteiger partial charge < -0.3 is 19.7 Å². The quantitative estimate of drug-likeness (QED) is 0.253. The summed E-state index contributed by atoms with van der Waals surface area (Å²) in [6.45, 7) is 9.10. The van der Waals surface area contributed by atoms with Crippen molar-refractivity contribution in [2.45, 2.75) is 57.7 Å². The van der Waals surface area contributed by atoms with Crippen LogP contribution in [-0.2, 0) is 22.6 Å². The Morgan fingerprint density at radius 2 is 1.63 bits per heavy atom. The highest BCUT2D eigenvalue weighted by Crippen LogP contribution is 2.45.